The molecule has 136 valence electrons. The Kier molecular flexibility index (Phi) is 6.06. The number of carboxylic acids is 1. The Hall–Kier alpha value is -3.22. The van der Waals surface area contributed by atoms with Crippen molar-refractivity contribution in [3.05, 3.63) is 65.5 Å². The first-order valence-electron chi connectivity index (χ1n) is 8.08. The number of benzene rings is 1. The molecule has 1 atom stereocenters. The van der Waals surface area contributed by atoms with Crippen LogP contribution in [-0.2, 0) is 14.9 Å². The summed E-state index contributed by atoms with van der Waals surface area (Å²) in [4.78, 5) is 39.3. The number of hydrogen-bond acceptors (Lipinski definition) is 5. The summed E-state index contributed by atoms with van der Waals surface area (Å²) in [6.07, 6.45) is 1.18. The summed E-state index contributed by atoms with van der Waals surface area (Å²) >= 11 is 0. The van der Waals surface area contributed by atoms with Crippen LogP contribution in [0.15, 0.2) is 48.7 Å². The largest absolute Gasteiger partial charge is 0.477 e. The first-order valence-corrected chi connectivity index (χ1v) is 8.08. The zero-order valence-corrected chi connectivity index (χ0v) is 14.6. The van der Waals surface area contributed by atoms with Crippen LogP contribution in [0, 0.1) is 0 Å². The molecule has 0 aliphatic rings. The maximum absolute atomic E-state index is 12.5. The van der Waals surface area contributed by atoms with Crippen molar-refractivity contribution in [3.63, 3.8) is 0 Å². The Morgan fingerprint density at radius 2 is 1.85 bits per heavy atom. The molecule has 2 aromatic rings. The minimum Gasteiger partial charge on any atom is -0.477 e. The summed E-state index contributed by atoms with van der Waals surface area (Å²) in [5, 5.41) is 11.5. The molecule has 2 N–H and O–H groups in total. The summed E-state index contributed by atoms with van der Waals surface area (Å²) in [5.74, 6) is -2.07. The smallest absolute Gasteiger partial charge is 0.354 e. The van der Waals surface area contributed by atoms with E-state index in [0.717, 1.165) is 5.56 Å². The van der Waals surface area contributed by atoms with Crippen LogP contribution < -0.4 is 5.32 Å². The van der Waals surface area contributed by atoms with E-state index >= 15 is 0 Å². The lowest BCUT2D eigenvalue weighted by atomic mass is 9.82. The molecule has 0 spiro atoms. The van der Waals surface area contributed by atoms with Gasteiger partial charge in [0.15, 0.2) is 0 Å². The molecule has 1 unspecified atom stereocenters. The van der Waals surface area contributed by atoms with Gasteiger partial charge in [0.05, 0.1) is 12.2 Å². The fourth-order valence-corrected chi connectivity index (χ4v) is 2.40. The Morgan fingerprint density at radius 3 is 2.38 bits per heavy atom. The van der Waals surface area contributed by atoms with Gasteiger partial charge in [-0.2, -0.15) is 0 Å². The predicted molar refractivity (Wildman–Crippen MR) is 94.0 cm³/mol. The molecule has 1 aromatic carbocycles. The van der Waals surface area contributed by atoms with Gasteiger partial charge in [0.1, 0.15) is 11.1 Å². The summed E-state index contributed by atoms with van der Waals surface area (Å²) < 4.78 is 5.17. The predicted octanol–water partition coefficient (Wildman–Crippen LogP) is 2.03. The second-order valence-corrected chi connectivity index (χ2v) is 5.84. The second-order valence-electron chi connectivity index (χ2n) is 5.84. The number of carbonyl (C=O) groups is 3. The van der Waals surface area contributed by atoms with Crippen LogP contribution in [0.3, 0.4) is 0 Å². The van der Waals surface area contributed by atoms with Crippen molar-refractivity contribution < 1.29 is 24.2 Å². The Bertz CT molecular complexity index is 789. The lowest BCUT2D eigenvalue weighted by molar-refractivity contribution is -0.149. The molecule has 0 saturated carbocycles. The third-order valence-electron chi connectivity index (χ3n) is 3.98. The topological polar surface area (TPSA) is 106 Å². The minimum absolute atomic E-state index is 0.0232. The number of nitrogens with zero attached hydrogens (tertiary/aromatic N) is 1. The maximum Gasteiger partial charge on any atom is 0.354 e. The number of amides is 1. The molecule has 0 aliphatic heterocycles. The number of carbonyl (C=O) groups excluding carboxylic acids is 2. The molecule has 2 rings (SSSR count). The quantitative estimate of drug-likeness (QED) is 0.736. The highest BCUT2D eigenvalue weighted by atomic mass is 16.5. The van der Waals surface area contributed by atoms with E-state index in [2.05, 4.69) is 10.3 Å². The lowest BCUT2D eigenvalue weighted by Gasteiger charge is -2.28. The number of aromatic carboxylic acids is 1. The van der Waals surface area contributed by atoms with Gasteiger partial charge in [-0.3, -0.25) is 9.59 Å². The summed E-state index contributed by atoms with van der Waals surface area (Å²) in [7, 11) is 0. The van der Waals surface area contributed by atoms with Gasteiger partial charge in [-0.15, -0.1) is 0 Å². The van der Waals surface area contributed by atoms with Crippen LogP contribution >= 0.6 is 0 Å². The van der Waals surface area contributed by atoms with Crippen LogP contribution in [0.4, 0.5) is 0 Å². The number of rotatable bonds is 7. The molecule has 26 heavy (non-hydrogen) atoms. The van der Waals surface area contributed by atoms with Crippen LogP contribution in [0.2, 0.25) is 0 Å². The number of pyridine rings is 1. The number of aromatic nitrogens is 1. The van der Waals surface area contributed by atoms with Crippen molar-refractivity contribution in [1.82, 2.24) is 10.3 Å². The average molecular weight is 356 g/mol. The molecule has 0 bridgehead atoms. The number of hydrogen-bond donors (Lipinski definition) is 2. The van der Waals surface area contributed by atoms with Crippen molar-refractivity contribution in [2.45, 2.75) is 19.3 Å². The van der Waals surface area contributed by atoms with Gasteiger partial charge in [-0.05, 0) is 31.5 Å². The van der Waals surface area contributed by atoms with Crippen molar-refractivity contribution in [3.8, 4) is 0 Å². The SMILES string of the molecule is CCOC(=O)C(C)(CNC(=O)c1ccc(C(=O)O)nc1)c1ccccc1. The van der Waals surface area contributed by atoms with Crippen LogP contribution in [0.5, 0.6) is 0 Å². The molecule has 0 radical (unpaired) electrons. The molecule has 7 nitrogen and oxygen atoms in total. The molecule has 0 saturated heterocycles. The number of ether oxygens (including phenoxy) is 1. The van der Waals surface area contributed by atoms with E-state index in [1.165, 1.54) is 18.3 Å². The molecule has 1 aromatic heterocycles. The van der Waals surface area contributed by atoms with E-state index in [1.807, 2.05) is 18.2 Å². The van der Waals surface area contributed by atoms with Gasteiger partial charge in [-0.1, -0.05) is 30.3 Å². The highest BCUT2D eigenvalue weighted by Crippen LogP contribution is 2.25. The summed E-state index contributed by atoms with van der Waals surface area (Å²) in [5.41, 5.74) is -0.281. The first kappa shape index (κ1) is 19.1. The number of esters is 1. The molecule has 0 aliphatic carbocycles. The van der Waals surface area contributed by atoms with E-state index in [1.54, 1.807) is 26.0 Å². The second kappa shape index (κ2) is 8.24. The van der Waals surface area contributed by atoms with E-state index < -0.39 is 23.3 Å². The van der Waals surface area contributed by atoms with Crippen LogP contribution in [-0.4, -0.2) is 41.1 Å². The third-order valence-corrected chi connectivity index (χ3v) is 3.98. The summed E-state index contributed by atoms with van der Waals surface area (Å²) in [6.45, 7) is 3.68. The normalized spacial score (nSPS) is 12.7. The van der Waals surface area contributed by atoms with E-state index in [0.29, 0.717) is 0 Å². The lowest BCUT2D eigenvalue weighted by Crippen LogP contribution is -2.45. The van der Waals surface area contributed by atoms with Crippen LogP contribution in [0.1, 0.15) is 40.3 Å². The van der Waals surface area contributed by atoms with Gasteiger partial charge < -0.3 is 15.2 Å². The van der Waals surface area contributed by atoms with Gasteiger partial charge in [0.25, 0.3) is 5.91 Å². The molecule has 1 heterocycles. The fourth-order valence-electron chi connectivity index (χ4n) is 2.40. The van der Waals surface area contributed by atoms with Crippen LogP contribution in [0.25, 0.3) is 0 Å². The fraction of sp³-hybridized carbons (Fsp3) is 0.263. The third kappa shape index (κ3) is 4.24. The Balaban J connectivity index is 2.17. The molecule has 1 amide bonds. The van der Waals surface area contributed by atoms with Gasteiger partial charge in [0, 0.05) is 12.7 Å². The van der Waals surface area contributed by atoms with E-state index in [9.17, 15) is 14.4 Å². The Labute approximate surface area is 151 Å². The van der Waals surface area contributed by atoms with E-state index in [4.69, 9.17) is 9.84 Å². The molecule has 0 fully saturated rings. The molecular formula is C19H20N2O5. The van der Waals surface area contributed by atoms with Crippen molar-refractivity contribution in [1.29, 1.82) is 0 Å². The van der Waals surface area contributed by atoms with Crippen molar-refractivity contribution in [2.24, 2.45) is 0 Å². The zero-order valence-electron chi connectivity index (χ0n) is 14.6. The van der Waals surface area contributed by atoms with Gasteiger partial charge >= 0.3 is 11.9 Å². The monoisotopic (exact) mass is 356 g/mol. The molecule has 7 heteroatoms. The molecular weight excluding hydrogens is 336 g/mol. The van der Waals surface area contributed by atoms with Gasteiger partial charge in [0.2, 0.25) is 0 Å². The average Bonchev–Trinajstić information content (AvgIpc) is 2.66. The van der Waals surface area contributed by atoms with Crippen molar-refractivity contribution in [2.75, 3.05) is 13.2 Å². The van der Waals surface area contributed by atoms with Gasteiger partial charge in [-0.25, -0.2) is 9.78 Å². The van der Waals surface area contributed by atoms with E-state index in [-0.39, 0.29) is 24.4 Å². The highest BCUT2D eigenvalue weighted by molar-refractivity contribution is 5.95. The minimum atomic E-state index is -1.17. The summed E-state index contributed by atoms with van der Waals surface area (Å²) in [6, 6.07) is 11.7. The Morgan fingerprint density at radius 1 is 1.15 bits per heavy atom. The van der Waals surface area contributed by atoms with Crippen molar-refractivity contribution >= 4 is 17.8 Å². The maximum atomic E-state index is 12.5. The standard InChI is InChI=1S/C19H20N2O5/c1-3-26-18(25)19(2,14-7-5-4-6-8-14)12-21-16(22)13-9-10-15(17(23)24)20-11-13/h4-11H,3,12H2,1-2H3,(H,21,22)(H,23,24). The zero-order chi connectivity index (χ0) is 19.2. The number of nitrogens with one attached hydrogen (secondary N) is 1. The highest BCUT2D eigenvalue weighted by Gasteiger charge is 2.37. The number of carboxylic acid groups (broad SMARTS) is 1. The first-order chi connectivity index (χ1) is 12.4.